The molecule has 0 atom stereocenters. The van der Waals surface area contributed by atoms with E-state index in [2.05, 4.69) is 21.2 Å². The minimum absolute atomic E-state index is 0.123. The largest absolute Gasteiger partial charge is 0.398 e. The van der Waals surface area contributed by atoms with Crippen LogP contribution >= 0.6 is 27.5 Å². The van der Waals surface area contributed by atoms with Gasteiger partial charge in [-0.25, -0.2) is 0 Å². The topological polar surface area (TPSA) is 55.1 Å². The quantitative estimate of drug-likeness (QED) is 0.804. The van der Waals surface area contributed by atoms with Gasteiger partial charge in [-0.05, 0) is 48.7 Å². The molecule has 2 aromatic carbocycles. The van der Waals surface area contributed by atoms with Gasteiger partial charge in [0, 0.05) is 27.3 Å². The smallest absolute Gasteiger partial charge is 0.251 e. The van der Waals surface area contributed by atoms with Crippen LogP contribution in [0.1, 0.15) is 21.5 Å². The zero-order chi connectivity index (χ0) is 15.4. The van der Waals surface area contributed by atoms with Gasteiger partial charge < -0.3 is 11.1 Å². The molecule has 0 radical (unpaired) electrons. The summed E-state index contributed by atoms with van der Waals surface area (Å²) in [6.45, 7) is 2.39. The summed E-state index contributed by atoms with van der Waals surface area (Å²) in [4.78, 5) is 12.2. The second-order valence-corrected chi connectivity index (χ2v) is 6.16. The number of anilines is 1. The van der Waals surface area contributed by atoms with Gasteiger partial charge in [0.1, 0.15) is 0 Å². The number of carbonyl (C=O) groups is 1. The van der Waals surface area contributed by atoms with Crippen LogP contribution in [0, 0.1) is 6.92 Å². The molecule has 3 nitrogen and oxygen atoms in total. The molecule has 0 bridgehead atoms. The van der Waals surface area contributed by atoms with Crippen molar-refractivity contribution in [1.29, 1.82) is 0 Å². The van der Waals surface area contributed by atoms with E-state index in [9.17, 15) is 4.79 Å². The van der Waals surface area contributed by atoms with E-state index in [-0.39, 0.29) is 5.91 Å². The molecule has 0 spiro atoms. The van der Waals surface area contributed by atoms with E-state index in [1.165, 1.54) is 0 Å². The summed E-state index contributed by atoms with van der Waals surface area (Å²) in [5.74, 6) is -0.123. The van der Waals surface area contributed by atoms with Gasteiger partial charge >= 0.3 is 0 Å². The highest BCUT2D eigenvalue weighted by atomic mass is 79.9. The van der Waals surface area contributed by atoms with E-state index in [1.54, 1.807) is 12.1 Å². The van der Waals surface area contributed by atoms with Gasteiger partial charge in [0.2, 0.25) is 0 Å². The number of nitrogens with one attached hydrogen (secondary N) is 1. The molecule has 0 aliphatic rings. The van der Waals surface area contributed by atoms with Crippen LogP contribution < -0.4 is 11.1 Å². The molecule has 2 rings (SSSR count). The first kappa shape index (κ1) is 15.9. The highest BCUT2D eigenvalue weighted by Gasteiger charge is 2.11. The van der Waals surface area contributed by atoms with Crippen LogP contribution in [-0.4, -0.2) is 12.5 Å². The Hall–Kier alpha value is -1.52. The van der Waals surface area contributed by atoms with Crippen molar-refractivity contribution in [3.63, 3.8) is 0 Å². The first-order valence-electron chi connectivity index (χ1n) is 6.55. The maximum atomic E-state index is 12.2. The lowest BCUT2D eigenvalue weighted by molar-refractivity contribution is 0.0953. The molecule has 1 amide bonds. The second kappa shape index (κ2) is 6.96. The highest BCUT2D eigenvalue weighted by molar-refractivity contribution is 9.10. The molecular weight excluding hydrogens is 352 g/mol. The van der Waals surface area contributed by atoms with Crippen molar-refractivity contribution in [3.05, 3.63) is 62.6 Å². The van der Waals surface area contributed by atoms with Crippen molar-refractivity contribution in [3.8, 4) is 0 Å². The SMILES string of the molecule is Cc1c(N)cc(Br)cc1C(=O)NCCc1cccc(Cl)c1. The Morgan fingerprint density at radius 2 is 2.10 bits per heavy atom. The van der Waals surface area contributed by atoms with Gasteiger partial charge in [0.25, 0.3) is 5.91 Å². The molecule has 0 saturated carbocycles. The highest BCUT2D eigenvalue weighted by Crippen LogP contribution is 2.22. The van der Waals surface area contributed by atoms with Gasteiger partial charge in [-0.3, -0.25) is 4.79 Å². The Kier molecular flexibility index (Phi) is 5.26. The van der Waals surface area contributed by atoms with Crippen molar-refractivity contribution in [2.75, 3.05) is 12.3 Å². The molecule has 0 unspecified atom stereocenters. The third-order valence-corrected chi connectivity index (χ3v) is 3.94. The number of hydrogen-bond donors (Lipinski definition) is 2. The number of hydrogen-bond acceptors (Lipinski definition) is 2. The monoisotopic (exact) mass is 366 g/mol. The summed E-state index contributed by atoms with van der Waals surface area (Å²) in [6, 6.07) is 11.2. The zero-order valence-electron chi connectivity index (χ0n) is 11.6. The van der Waals surface area contributed by atoms with E-state index in [0.29, 0.717) is 22.8 Å². The number of halogens is 2. The molecule has 21 heavy (non-hydrogen) atoms. The molecule has 5 heteroatoms. The average molecular weight is 368 g/mol. The Bertz CT molecular complexity index is 673. The fourth-order valence-corrected chi connectivity index (χ4v) is 2.73. The van der Waals surface area contributed by atoms with E-state index in [0.717, 1.165) is 22.0 Å². The van der Waals surface area contributed by atoms with E-state index in [4.69, 9.17) is 17.3 Å². The third-order valence-electron chi connectivity index (χ3n) is 3.25. The second-order valence-electron chi connectivity index (χ2n) is 4.80. The summed E-state index contributed by atoms with van der Waals surface area (Å²) in [7, 11) is 0. The number of rotatable bonds is 4. The number of nitrogen functional groups attached to an aromatic ring is 1. The lowest BCUT2D eigenvalue weighted by atomic mass is 10.1. The Balaban J connectivity index is 1.99. The number of amides is 1. The number of benzene rings is 2. The Labute approximate surface area is 137 Å². The van der Waals surface area contributed by atoms with Crippen molar-refractivity contribution >= 4 is 39.1 Å². The first-order valence-corrected chi connectivity index (χ1v) is 7.72. The van der Waals surface area contributed by atoms with Gasteiger partial charge in [0.15, 0.2) is 0 Å². The van der Waals surface area contributed by atoms with Gasteiger partial charge in [0.05, 0.1) is 0 Å². The van der Waals surface area contributed by atoms with Crippen LogP contribution in [-0.2, 0) is 6.42 Å². The fourth-order valence-electron chi connectivity index (χ4n) is 2.04. The lowest BCUT2D eigenvalue weighted by Crippen LogP contribution is -2.26. The van der Waals surface area contributed by atoms with Crippen molar-refractivity contribution in [2.24, 2.45) is 0 Å². The Morgan fingerprint density at radius 1 is 1.33 bits per heavy atom. The van der Waals surface area contributed by atoms with Gasteiger partial charge in [-0.15, -0.1) is 0 Å². The summed E-state index contributed by atoms with van der Waals surface area (Å²) in [5.41, 5.74) is 8.94. The van der Waals surface area contributed by atoms with Crippen molar-refractivity contribution < 1.29 is 4.79 Å². The predicted octanol–water partition coefficient (Wildman–Crippen LogP) is 3.97. The standard InChI is InChI=1S/C16H16BrClN2O/c1-10-14(8-12(17)9-15(10)19)16(21)20-6-5-11-3-2-4-13(18)7-11/h2-4,7-9H,5-6,19H2,1H3,(H,20,21). The minimum atomic E-state index is -0.123. The summed E-state index contributed by atoms with van der Waals surface area (Å²) in [5, 5.41) is 3.61. The average Bonchev–Trinajstić information content (AvgIpc) is 2.42. The maximum Gasteiger partial charge on any atom is 0.251 e. The molecule has 3 N–H and O–H groups in total. The molecule has 0 aliphatic heterocycles. The zero-order valence-corrected chi connectivity index (χ0v) is 14.0. The lowest BCUT2D eigenvalue weighted by Gasteiger charge is -2.10. The van der Waals surface area contributed by atoms with E-state index in [1.807, 2.05) is 31.2 Å². The van der Waals surface area contributed by atoms with Crippen LogP contribution in [0.3, 0.4) is 0 Å². The summed E-state index contributed by atoms with van der Waals surface area (Å²) in [6.07, 6.45) is 0.731. The first-order chi connectivity index (χ1) is 9.97. The normalized spacial score (nSPS) is 10.4. The van der Waals surface area contributed by atoms with E-state index >= 15 is 0 Å². The summed E-state index contributed by atoms with van der Waals surface area (Å²) < 4.78 is 0.797. The molecule has 0 saturated heterocycles. The van der Waals surface area contributed by atoms with Crippen LogP contribution in [0.5, 0.6) is 0 Å². The third kappa shape index (κ3) is 4.22. The minimum Gasteiger partial charge on any atom is -0.398 e. The predicted molar refractivity (Wildman–Crippen MR) is 90.8 cm³/mol. The molecule has 110 valence electrons. The maximum absolute atomic E-state index is 12.2. The van der Waals surface area contributed by atoms with Gasteiger partial charge in [-0.1, -0.05) is 39.7 Å². The summed E-state index contributed by atoms with van der Waals surface area (Å²) >= 11 is 9.29. The van der Waals surface area contributed by atoms with Gasteiger partial charge in [-0.2, -0.15) is 0 Å². The Morgan fingerprint density at radius 3 is 2.81 bits per heavy atom. The van der Waals surface area contributed by atoms with E-state index < -0.39 is 0 Å². The molecule has 0 heterocycles. The number of nitrogens with two attached hydrogens (primary N) is 1. The van der Waals surface area contributed by atoms with Crippen molar-refractivity contribution in [1.82, 2.24) is 5.32 Å². The van der Waals surface area contributed by atoms with Crippen LogP contribution in [0.25, 0.3) is 0 Å². The van der Waals surface area contributed by atoms with Crippen LogP contribution in [0.15, 0.2) is 40.9 Å². The molecule has 0 fully saturated rings. The molecule has 2 aromatic rings. The fraction of sp³-hybridized carbons (Fsp3) is 0.188. The molecular formula is C16H16BrClN2O. The molecule has 0 aromatic heterocycles. The van der Waals surface area contributed by atoms with Crippen LogP contribution in [0.4, 0.5) is 5.69 Å². The molecule has 0 aliphatic carbocycles. The van der Waals surface area contributed by atoms with Crippen LogP contribution in [0.2, 0.25) is 5.02 Å². The van der Waals surface area contributed by atoms with Crippen molar-refractivity contribution in [2.45, 2.75) is 13.3 Å². The number of carbonyl (C=O) groups excluding carboxylic acids is 1.